The lowest BCUT2D eigenvalue weighted by molar-refractivity contribution is 0.0777. The Labute approximate surface area is 202 Å². The maximum atomic E-state index is 14.4. The fourth-order valence-corrected chi connectivity index (χ4v) is 4.78. The third-order valence-electron chi connectivity index (χ3n) is 6.12. The summed E-state index contributed by atoms with van der Waals surface area (Å²) in [6, 6.07) is 4.95. The molecule has 3 heterocycles. The van der Waals surface area contributed by atoms with E-state index >= 15 is 0 Å². The summed E-state index contributed by atoms with van der Waals surface area (Å²) in [5.74, 6) is -0.204. The SMILES string of the molecule is CCOc1ccc(F)c(Cl)c1[C@@H](C)c1c[nH]c2ncc(-c3c(C)nn(C[C@@H](O)CO)c3C)cc12. The van der Waals surface area contributed by atoms with Gasteiger partial charge in [0.05, 0.1) is 36.6 Å². The van der Waals surface area contributed by atoms with E-state index in [0.29, 0.717) is 23.6 Å². The van der Waals surface area contributed by atoms with Gasteiger partial charge in [0.15, 0.2) is 0 Å². The Balaban J connectivity index is 1.81. The van der Waals surface area contributed by atoms with Crippen molar-refractivity contribution in [1.29, 1.82) is 0 Å². The molecule has 0 aliphatic heterocycles. The molecule has 0 unspecified atom stereocenters. The predicted molar refractivity (Wildman–Crippen MR) is 130 cm³/mol. The Bertz CT molecular complexity index is 1330. The van der Waals surface area contributed by atoms with Gasteiger partial charge < -0.3 is 19.9 Å². The van der Waals surface area contributed by atoms with Crippen molar-refractivity contribution in [2.45, 2.75) is 46.3 Å². The molecule has 0 aliphatic carbocycles. The zero-order valence-corrected chi connectivity index (χ0v) is 20.3. The van der Waals surface area contributed by atoms with Crippen molar-refractivity contribution in [2.75, 3.05) is 13.2 Å². The van der Waals surface area contributed by atoms with E-state index < -0.39 is 11.9 Å². The van der Waals surface area contributed by atoms with Crippen LogP contribution in [0.15, 0.2) is 30.6 Å². The number of ether oxygens (including phenoxy) is 1. The van der Waals surface area contributed by atoms with Gasteiger partial charge in [0.1, 0.15) is 17.2 Å². The number of aromatic amines is 1. The van der Waals surface area contributed by atoms with Gasteiger partial charge in [-0.3, -0.25) is 4.68 Å². The van der Waals surface area contributed by atoms with Gasteiger partial charge in [-0.15, -0.1) is 0 Å². The second-order valence-electron chi connectivity index (χ2n) is 8.36. The molecule has 0 radical (unpaired) electrons. The van der Waals surface area contributed by atoms with Crippen molar-refractivity contribution in [1.82, 2.24) is 19.7 Å². The molecule has 0 fully saturated rings. The Morgan fingerprint density at radius 1 is 1.29 bits per heavy atom. The van der Waals surface area contributed by atoms with Crippen molar-refractivity contribution in [2.24, 2.45) is 0 Å². The van der Waals surface area contributed by atoms with Crippen LogP contribution in [0.2, 0.25) is 5.02 Å². The van der Waals surface area contributed by atoms with Crippen LogP contribution in [0.5, 0.6) is 5.75 Å². The number of fused-ring (bicyclic) bond motifs is 1. The van der Waals surface area contributed by atoms with Crippen LogP contribution in [0.1, 0.15) is 42.3 Å². The number of nitrogens with zero attached hydrogens (tertiary/aromatic N) is 3. The van der Waals surface area contributed by atoms with Crippen molar-refractivity contribution in [3.8, 4) is 16.9 Å². The molecule has 0 bridgehead atoms. The van der Waals surface area contributed by atoms with E-state index in [2.05, 4.69) is 15.1 Å². The summed E-state index contributed by atoms with van der Waals surface area (Å²) in [5.41, 5.74) is 5.65. The van der Waals surface area contributed by atoms with Crippen LogP contribution in [-0.2, 0) is 6.54 Å². The third kappa shape index (κ3) is 4.29. The molecule has 1 aromatic carbocycles. The summed E-state index contributed by atoms with van der Waals surface area (Å²) in [6.45, 7) is 7.96. The second-order valence-corrected chi connectivity index (χ2v) is 8.73. The topological polar surface area (TPSA) is 96.2 Å². The molecular weight excluding hydrogens is 459 g/mol. The monoisotopic (exact) mass is 486 g/mol. The van der Waals surface area contributed by atoms with Crippen molar-refractivity contribution >= 4 is 22.6 Å². The number of aryl methyl sites for hydroxylation is 1. The first-order valence-corrected chi connectivity index (χ1v) is 11.6. The summed E-state index contributed by atoms with van der Waals surface area (Å²) in [5, 5.41) is 24.5. The summed E-state index contributed by atoms with van der Waals surface area (Å²) < 4.78 is 21.8. The zero-order valence-electron chi connectivity index (χ0n) is 19.6. The van der Waals surface area contributed by atoms with Crippen molar-refractivity contribution < 1.29 is 19.3 Å². The van der Waals surface area contributed by atoms with E-state index in [1.165, 1.54) is 6.07 Å². The van der Waals surface area contributed by atoms with Gasteiger partial charge in [-0.1, -0.05) is 18.5 Å². The van der Waals surface area contributed by atoms with Crippen LogP contribution in [0.3, 0.4) is 0 Å². The number of nitrogens with one attached hydrogen (secondary N) is 1. The number of hydrogen-bond acceptors (Lipinski definition) is 5. The normalized spacial score (nSPS) is 13.4. The van der Waals surface area contributed by atoms with Crippen molar-refractivity contribution in [3.63, 3.8) is 0 Å². The standard InChI is InChI=1S/C25H28ClFN4O3/c1-5-34-21-7-6-20(27)24(26)22(21)13(2)19-10-29-25-18(19)8-16(9-28-25)23-14(3)30-31(15(23)4)11-17(33)12-32/h6-10,13,17,32-33H,5,11-12H2,1-4H3,(H,28,29)/t13-,17+/m0/s1. The number of aliphatic hydroxyl groups is 2. The van der Waals surface area contributed by atoms with Gasteiger partial charge in [0.2, 0.25) is 0 Å². The van der Waals surface area contributed by atoms with E-state index in [4.69, 9.17) is 16.3 Å². The minimum atomic E-state index is -0.890. The highest BCUT2D eigenvalue weighted by Crippen LogP contribution is 2.41. The highest BCUT2D eigenvalue weighted by molar-refractivity contribution is 6.31. The number of halogens is 2. The van der Waals surface area contributed by atoms with Crippen LogP contribution >= 0.6 is 11.6 Å². The quantitative estimate of drug-likeness (QED) is 0.334. The number of rotatable bonds is 8. The average Bonchev–Trinajstić information content (AvgIpc) is 3.35. The summed E-state index contributed by atoms with van der Waals surface area (Å²) >= 11 is 6.39. The van der Waals surface area contributed by atoms with Crippen LogP contribution in [0.4, 0.5) is 4.39 Å². The zero-order chi connectivity index (χ0) is 24.6. The fourth-order valence-electron chi connectivity index (χ4n) is 4.46. The Morgan fingerprint density at radius 2 is 2.06 bits per heavy atom. The van der Waals surface area contributed by atoms with Gasteiger partial charge in [-0.05, 0) is 44.5 Å². The maximum absolute atomic E-state index is 14.4. The Kier molecular flexibility index (Phi) is 6.93. The summed E-state index contributed by atoms with van der Waals surface area (Å²) in [4.78, 5) is 7.80. The predicted octanol–water partition coefficient (Wildman–Crippen LogP) is 4.74. The van der Waals surface area contributed by atoms with Crippen LogP contribution in [0.25, 0.3) is 22.2 Å². The van der Waals surface area contributed by atoms with Gasteiger partial charge in [0.25, 0.3) is 0 Å². The highest BCUT2D eigenvalue weighted by atomic mass is 35.5. The average molecular weight is 487 g/mol. The number of aliphatic hydroxyl groups excluding tert-OH is 2. The molecule has 0 saturated carbocycles. The number of H-pyrrole nitrogens is 1. The molecule has 0 aliphatic rings. The van der Waals surface area contributed by atoms with E-state index in [9.17, 15) is 14.6 Å². The highest BCUT2D eigenvalue weighted by Gasteiger charge is 2.24. The molecule has 0 amide bonds. The molecule has 0 saturated heterocycles. The molecule has 3 aromatic heterocycles. The largest absolute Gasteiger partial charge is 0.494 e. The van der Waals surface area contributed by atoms with E-state index in [1.807, 2.05) is 40.0 Å². The van der Waals surface area contributed by atoms with Gasteiger partial charge >= 0.3 is 0 Å². The number of pyridine rings is 1. The molecule has 0 spiro atoms. The minimum Gasteiger partial charge on any atom is -0.494 e. The summed E-state index contributed by atoms with van der Waals surface area (Å²) in [7, 11) is 0. The molecule has 2 atom stereocenters. The van der Waals surface area contributed by atoms with E-state index in [1.54, 1.807) is 16.9 Å². The number of hydrogen-bond donors (Lipinski definition) is 3. The first-order valence-electron chi connectivity index (χ1n) is 11.2. The number of aromatic nitrogens is 4. The molecule has 4 aromatic rings. The van der Waals surface area contributed by atoms with E-state index in [-0.39, 0.29) is 24.1 Å². The molecule has 180 valence electrons. The Hall–Kier alpha value is -2.94. The lowest BCUT2D eigenvalue weighted by Gasteiger charge is -2.18. The third-order valence-corrected chi connectivity index (χ3v) is 6.50. The van der Waals surface area contributed by atoms with Crippen molar-refractivity contribution in [3.05, 3.63) is 63.9 Å². The molecule has 7 nitrogen and oxygen atoms in total. The van der Waals surface area contributed by atoms with Gasteiger partial charge in [0, 0.05) is 46.1 Å². The lowest BCUT2D eigenvalue weighted by atomic mass is 9.91. The smallest absolute Gasteiger partial charge is 0.142 e. The molecule has 4 rings (SSSR count). The minimum absolute atomic E-state index is 0.0484. The van der Waals surface area contributed by atoms with Crippen LogP contribution in [-0.4, -0.2) is 49.3 Å². The van der Waals surface area contributed by atoms with Gasteiger partial charge in [-0.25, -0.2) is 9.37 Å². The fraction of sp³-hybridized carbons (Fsp3) is 0.360. The van der Waals surface area contributed by atoms with Crippen LogP contribution < -0.4 is 4.74 Å². The first-order chi connectivity index (χ1) is 16.3. The first kappa shape index (κ1) is 24.2. The molecule has 9 heteroatoms. The molecule has 3 N–H and O–H groups in total. The Morgan fingerprint density at radius 3 is 2.76 bits per heavy atom. The molecular formula is C25H28ClFN4O3. The number of benzene rings is 1. The van der Waals surface area contributed by atoms with E-state index in [0.717, 1.165) is 33.5 Å². The van der Waals surface area contributed by atoms with Crippen LogP contribution in [0, 0.1) is 19.7 Å². The van der Waals surface area contributed by atoms with Gasteiger partial charge in [-0.2, -0.15) is 5.10 Å². The second kappa shape index (κ2) is 9.74. The molecule has 34 heavy (non-hydrogen) atoms. The lowest BCUT2D eigenvalue weighted by Crippen LogP contribution is -2.21. The maximum Gasteiger partial charge on any atom is 0.142 e. The summed E-state index contributed by atoms with van der Waals surface area (Å²) in [6.07, 6.45) is 2.75.